The molecule has 1 atom stereocenters. The summed E-state index contributed by atoms with van der Waals surface area (Å²) in [4.78, 5) is 39.5. The average Bonchev–Trinajstić information content (AvgIpc) is 2.80. The van der Waals surface area contributed by atoms with E-state index in [9.17, 15) is 19.5 Å². The number of anilines is 3. The number of benzene rings is 2. The van der Waals surface area contributed by atoms with E-state index in [2.05, 4.69) is 15.7 Å². The average molecular weight is 453 g/mol. The van der Waals surface area contributed by atoms with Crippen molar-refractivity contribution < 1.29 is 14.6 Å². The van der Waals surface area contributed by atoms with Crippen molar-refractivity contribution in [1.29, 1.82) is 0 Å². The summed E-state index contributed by atoms with van der Waals surface area (Å²) < 4.78 is 6.34. The van der Waals surface area contributed by atoms with Gasteiger partial charge in [0.05, 0.1) is 23.9 Å². The fraction of sp³-hybridized carbons (Fsp3) is 0.261. The molecule has 0 saturated heterocycles. The van der Waals surface area contributed by atoms with E-state index < -0.39 is 23.1 Å². The molecule has 0 saturated carbocycles. The number of phenols is 1. The standard InChI is InChI=1S/C23H27N5O5/c1-27(2)22(31)15-11-8-12-16(20(15)29)24-19-18(21(30)26-28(3)23(19)32)25-17(13-33-4)14-9-6-5-7-10-14/h5-12,17,24-25,29H,13H2,1-4H3,(H,26,30). The van der Waals surface area contributed by atoms with E-state index in [1.165, 1.54) is 31.2 Å². The molecule has 4 N–H and O–H groups in total. The van der Waals surface area contributed by atoms with E-state index >= 15 is 0 Å². The van der Waals surface area contributed by atoms with Crippen molar-refractivity contribution in [3.8, 4) is 5.75 Å². The molecule has 0 spiro atoms. The number of ether oxygens (including phenoxy) is 1. The Morgan fingerprint density at radius 3 is 2.45 bits per heavy atom. The van der Waals surface area contributed by atoms with Gasteiger partial charge in [0.15, 0.2) is 5.75 Å². The topological polar surface area (TPSA) is 129 Å². The molecule has 1 aromatic heterocycles. The lowest BCUT2D eigenvalue weighted by atomic mass is 10.1. The SMILES string of the molecule is COCC(Nc1c(Nc2cccc(C(=O)N(C)C)c2O)c(=O)n(C)[nH]c1=O)c1ccccc1. The van der Waals surface area contributed by atoms with Crippen LogP contribution in [0.1, 0.15) is 22.0 Å². The van der Waals surface area contributed by atoms with Gasteiger partial charge in [-0.25, -0.2) is 0 Å². The van der Waals surface area contributed by atoms with E-state index in [1.54, 1.807) is 20.2 Å². The third-order valence-corrected chi connectivity index (χ3v) is 5.05. The Hall–Kier alpha value is -4.05. The molecule has 2 aromatic carbocycles. The number of hydrogen-bond acceptors (Lipinski definition) is 7. The molecule has 0 aliphatic rings. The lowest BCUT2D eigenvalue weighted by Crippen LogP contribution is -2.33. The summed E-state index contributed by atoms with van der Waals surface area (Å²) in [7, 11) is 6.08. The zero-order valence-corrected chi connectivity index (χ0v) is 18.9. The van der Waals surface area contributed by atoms with Gasteiger partial charge in [0.1, 0.15) is 11.4 Å². The summed E-state index contributed by atoms with van der Waals surface area (Å²) >= 11 is 0. The quantitative estimate of drug-likeness (QED) is 0.384. The Morgan fingerprint density at radius 1 is 1.12 bits per heavy atom. The minimum absolute atomic E-state index is 0.0206. The molecule has 3 aromatic rings. The fourth-order valence-electron chi connectivity index (χ4n) is 3.34. The maximum Gasteiger partial charge on any atom is 0.290 e. The first-order chi connectivity index (χ1) is 15.7. The van der Waals surface area contributed by atoms with Crippen molar-refractivity contribution in [2.45, 2.75) is 6.04 Å². The number of nitrogens with zero attached hydrogens (tertiary/aromatic N) is 2. The van der Waals surface area contributed by atoms with Crippen LogP contribution in [0.4, 0.5) is 17.1 Å². The van der Waals surface area contributed by atoms with Gasteiger partial charge in [-0.3, -0.25) is 24.2 Å². The molecule has 0 fully saturated rings. The predicted octanol–water partition coefficient (Wildman–Crippen LogP) is 2.02. The van der Waals surface area contributed by atoms with Crippen LogP contribution in [0.5, 0.6) is 5.75 Å². The van der Waals surface area contributed by atoms with E-state index in [-0.39, 0.29) is 35.0 Å². The summed E-state index contributed by atoms with van der Waals surface area (Å²) in [6, 6.07) is 13.5. The first-order valence-electron chi connectivity index (χ1n) is 10.2. The first kappa shape index (κ1) is 23.6. The monoisotopic (exact) mass is 453 g/mol. The minimum atomic E-state index is -0.545. The van der Waals surface area contributed by atoms with Crippen LogP contribution in [0.15, 0.2) is 58.1 Å². The first-order valence-corrected chi connectivity index (χ1v) is 10.2. The molecule has 10 nitrogen and oxygen atoms in total. The van der Waals surface area contributed by atoms with Crippen molar-refractivity contribution in [2.75, 3.05) is 38.4 Å². The van der Waals surface area contributed by atoms with Gasteiger partial charge in [-0.1, -0.05) is 36.4 Å². The second kappa shape index (κ2) is 10.0. The maximum absolute atomic E-state index is 13.0. The highest BCUT2D eigenvalue weighted by molar-refractivity contribution is 5.98. The summed E-state index contributed by atoms with van der Waals surface area (Å²) in [5.74, 6) is -0.737. The summed E-state index contributed by atoms with van der Waals surface area (Å²) in [5.41, 5.74) is -0.163. The van der Waals surface area contributed by atoms with Gasteiger partial charge in [0.25, 0.3) is 17.0 Å². The molecular weight excluding hydrogens is 426 g/mol. The lowest BCUT2D eigenvalue weighted by Gasteiger charge is -2.22. The van der Waals surface area contributed by atoms with Gasteiger partial charge in [0.2, 0.25) is 0 Å². The van der Waals surface area contributed by atoms with Crippen molar-refractivity contribution in [1.82, 2.24) is 14.7 Å². The second-order valence-electron chi connectivity index (χ2n) is 7.64. The van der Waals surface area contributed by atoms with Gasteiger partial charge >= 0.3 is 0 Å². The number of carbonyl (C=O) groups is 1. The Kier molecular flexibility index (Phi) is 7.19. The van der Waals surface area contributed by atoms with E-state index in [1.807, 2.05) is 30.3 Å². The summed E-state index contributed by atoms with van der Waals surface area (Å²) in [6.07, 6.45) is 0. The number of hydrogen-bond donors (Lipinski definition) is 4. The number of aromatic nitrogens is 2. The molecule has 0 aliphatic carbocycles. The number of para-hydroxylation sites is 1. The molecular formula is C23H27N5O5. The van der Waals surface area contributed by atoms with E-state index in [0.29, 0.717) is 0 Å². The van der Waals surface area contributed by atoms with Crippen molar-refractivity contribution in [2.24, 2.45) is 7.05 Å². The number of amides is 1. The molecule has 0 bridgehead atoms. The Morgan fingerprint density at radius 2 is 1.82 bits per heavy atom. The van der Waals surface area contributed by atoms with Gasteiger partial charge in [-0.15, -0.1) is 0 Å². The molecule has 1 heterocycles. The number of aryl methyl sites for hydroxylation is 1. The van der Waals surface area contributed by atoms with Gasteiger partial charge in [0, 0.05) is 28.3 Å². The largest absolute Gasteiger partial charge is 0.505 e. The van der Waals surface area contributed by atoms with E-state index in [4.69, 9.17) is 4.74 Å². The zero-order valence-electron chi connectivity index (χ0n) is 18.9. The van der Waals surface area contributed by atoms with Crippen LogP contribution in [0.25, 0.3) is 0 Å². The predicted molar refractivity (Wildman–Crippen MR) is 126 cm³/mol. The highest BCUT2D eigenvalue weighted by Crippen LogP contribution is 2.32. The van der Waals surface area contributed by atoms with Crippen LogP contribution < -0.4 is 21.8 Å². The third-order valence-electron chi connectivity index (χ3n) is 5.05. The number of aromatic amines is 1. The highest BCUT2D eigenvalue weighted by atomic mass is 16.5. The van der Waals surface area contributed by atoms with Crippen LogP contribution in [0.3, 0.4) is 0 Å². The molecule has 174 valence electrons. The Labute approximate surface area is 190 Å². The number of rotatable bonds is 8. The van der Waals surface area contributed by atoms with Crippen LogP contribution in [0.2, 0.25) is 0 Å². The fourth-order valence-corrected chi connectivity index (χ4v) is 3.34. The number of phenolic OH excluding ortho intramolecular Hbond substituents is 1. The Bertz CT molecular complexity index is 1250. The van der Waals surface area contributed by atoms with E-state index in [0.717, 1.165) is 10.2 Å². The lowest BCUT2D eigenvalue weighted by molar-refractivity contribution is 0.0824. The maximum atomic E-state index is 13.0. The van der Waals surface area contributed by atoms with Crippen molar-refractivity contribution in [3.63, 3.8) is 0 Å². The number of aromatic hydroxyl groups is 1. The second-order valence-corrected chi connectivity index (χ2v) is 7.64. The van der Waals surface area contributed by atoms with Crippen LogP contribution in [-0.4, -0.2) is 53.5 Å². The number of methoxy groups -OCH3 is 1. The summed E-state index contributed by atoms with van der Waals surface area (Å²) in [6.45, 7) is 0.232. The van der Waals surface area contributed by atoms with Crippen LogP contribution >= 0.6 is 0 Å². The highest BCUT2D eigenvalue weighted by Gasteiger charge is 2.22. The van der Waals surface area contributed by atoms with Crippen molar-refractivity contribution >= 4 is 23.0 Å². The zero-order chi connectivity index (χ0) is 24.1. The van der Waals surface area contributed by atoms with Gasteiger partial charge in [-0.05, 0) is 17.7 Å². The third kappa shape index (κ3) is 5.07. The molecule has 0 aliphatic heterocycles. The smallest absolute Gasteiger partial charge is 0.290 e. The summed E-state index contributed by atoms with van der Waals surface area (Å²) in [5, 5.41) is 19.1. The number of nitrogens with one attached hydrogen (secondary N) is 3. The number of H-pyrrole nitrogens is 1. The molecule has 33 heavy (non-hydrogen) atoms. The molecule has 1 amide bonds. The van der Waals surface area contributed by atoms with Crippen LogP contribution in [0, 0.1) is 0 Å². The number of carbonyl (C=O) groups excluding carboxylic acids is 1. The normalized spacial score (nSPS) is 11.6. The van der Waals surface area contributed by atoms with Crippen LogP contribution in [-0.2, 0) is 11.8 Å². The van der Waals surface area contributed by atoms with Crippen molar-refractivity contribution in [3.05, 3.63) is 80.4 Å². The molecule has 0 radical (unpaired) electrons. The minimum Gasteiger partial charge on any atom is -0.505 e. The Balaban J connectivity index is 2.09. The molecule has 1 unspecified atom stereocenters. The van der Waals surface area contributed by atoms with Gasteiger partial charge in [-0.2, -0.15) is 0 Å². The molecule has 3 rings (SSSR count). The van der Waals surface area contributed by atoms with Gasteiger partial charge < -0.3 is 25.4 Å². The molecule has 10 heteroatoms.